The first-order chi connectivity index (χ1) is 7.75. The summed E-state index contributed by atoms with van der Waals surface area (Å²) in [6.45, 7) is 2.19. The van der Waals surface area contributed by atoms with Crippen molar-refractivity contribution in [3.05, 3.63) is 46.6 Å². The number of aryl methyl sites for hydroxylation is 1. The molecular weight excluding hydrogens is 262 g/mol. The van der Waals surface area contributed by atoms with Gasteiger partial charge in [-0.15, -0.1) is 0 Å². The number of hydrogen-bond acceptors (Lipinski definition) is 0. The Bertz CT molecular complexity index is 523. The van der Waals surface area contributed by atoms with E-state index in [4.69, 9.17) is 0 Å². The summed E-state index contributed by atoms with van der Waals surface area (Å²) in [6.07, 6.45) is 2.66. The summed E-state index contributed by atoms with van der Waals surface area (Å²) in [4.78, 5) is 0. The molecule has 1 aromatic carbocycles. The highest BCUT2D eigenvalue weighted by Crippen LogP contribution is 2.40. The third kappa shape index (κ3) is 1.71. The van der Waals surface area contributed by atoms with E-state index in [1.54, 1.807) is 0 Å². The highest BCUT2D eigenvalue weighted by atomic mass is 79.9. The van der Waals surface area contributed by atoms with Crippen LogP contribution in [-0.2, 0) is 0 Å². The minimum Gasteiger partial charge on any atom is -0.342 e. The largest absolute Gasteiger partial charge is 0.342 e. The van der Waals surface area contributed by atoms with E-state index in [1.165, 1.54) is 29.8 Å². The first-order valence-corrected chi connectivity index (χ1v) is 6.49. The molecule has 3 rings (SSSR count). The summed E-state index contributed by atoms with van der Waals surface area (Å²) >= 11 is 3.53. The molecule has 0 unspecified atom stereocenters. The Kier molecular flexibility index (Phi) is 2.40. The smallest absolute Gasteiger partial charge is 0.0485 e. The van der Waals surface area contributed by atoms with Crippen LogP contribution in [0.1, 0.15) is 24.6 Å². The fraction of sp³-hybridized carbons (Fsp3) is 0.286. The molecule has 0 N–H and O–H groups in total. The van der Waals surface area contributed by atoms with E-state index >= 15 is 0 Å². The van der Waals surface area contributed by atoms with Gasteiger partial charge in [-0.25, -0.2) is 0 Å². The van der Waals surface area contributed by atoms with Crippen molar-refractivity contribution in [3.63, 3.8) is 0 Å². The molecule has 0 spiro atoms. The second-order valence-electron chi connectivity index (χ2n) is 4.47. The average molecular weight is 276 g/mol. The molecule has 1 aliphatic rings. The van der Waals surface area contributed by atoms with Crippen molar-refractivity contribution >= 4 is 15.9 Å². The Hall–Kier alpha value is -1.02. The van der Waals surface area contributed by atoms with Gasteiger partial charge in [-0.05, 0) is 49.6 Å². The van der Waals surface area contributed by atoms with Gasteiger partial charge in [0, 0.05) is 21.9 Å². The molecular formula is C14H14BrN. The van der Waals surface area contributed by atoms with Crippen LogP contribution in [0.4, 0.5) is 0 Å². The molecule has 1 aliphatic carbocycles. The Morgan fingerprint density at radius 3 is 2.69 bits per heavy atom. The lowest BCUT2D eigenvalue weighted by Crippen LogP contribution is -1.98. The van der Waals surface area contributed by atoms with Gasteiger partial charge in [0.15, 0.2) is 0 Å². The molecule has 16 heavy (non-hydrogen) atoms. The zero-order valence-corrected chi connectivity index (χ0v) is 10.9. The molecule has 0 bridgehead atoms. The fourth-order valence-corrected chi connectivity index (χ4v) is 2.65. The van der Waals surface area contributed by atoms with E-state index in [9.17, 15) is 0 Å². The van der Waals surface area contributed by atoms with Crippen LogP contribution in [-0.4, -0.2) is 4.57 Å². The van der Waals surface area contributed by atoms with Crippen LogP contribution in [0, 0.1) is 6.92 Å². The molecule has 0 saturated heterocycles. The Balaban J connectivity index is 2.12. The number of halogens is 1. The Morgan fingerprint density at radius 1 is 1.19 bits per heavy atom. The standard InChI is InChI=1S/C14H14BrN/c1-10-5-8-14(16(10)13-6-7-13)11-3-2-4-12(15)9-11/h2-5,8-9,13H,6-7H2,1H3. The van der Waals surface area contributed by atoms with Crippen LogP contribution in [0.15, 0.2) is 40.9 Å². The normalized spacial score (nSPS) is 15.4. The van der Waals surface area contributed by atoms with E-state index in [1.807, 2.05) is 0 Å². The predicted octanol–water partition coefficient (Wildman–Crippen LogP) is 4.56. The van der Waals surface area contributed by atoms with Crippen molar-refractivity contribution in [3.8, 4) is 11.3 Å². The van der Waals surface area contributed by atoms with Crippen LogP contribution >= 0.6 is 15.9 Å². The van der Waals surface area contributed by atoms with Gasteiger partial charge in [0.1, 0.15) is 0 Å². The number of benzene rings is 1. The second kappa shape index (κ2) is 3.77. The monoisotopic (exact) mass is 275 g/mol. The van der Waals surface area contributed by atoms with E-state index < -0.39 is 0 Å². The first kappa shape index (κ1) is 10.2. The Morgan fingerprint density at radius 2 is 2.00 bits per heavy atom. The molecule has 1 fully saturated rings. The molecule has 1 heterocycles. The third-order valence-electron chi connectivity index (χ3n) is 3.15. The molecule has 1 nitrogen and oxygen atoms in total. The maximum Gasteiger partial charge on any atom is 0.0485 e. The SMILES string of the molecule is Cc1ccc(-c2cccc(Br)c2)n1C1CC1. The van der Waals surface area contributed by atoms with Gasteiger partial charge in [-0.2, -0.15) is 0 Å². The van der Waals surface area contributed by atoms with Crippen molar-refractivity contribution in [2.75, 3.05) is 0 Å². The van der Waals surface area contributed by atoms with Crippen LogP contribution in [0.3, 0.4) is 0 Å². The summed E-state index contributed by atoms with van der Waals surface area (Å²) in [5.41, 5.74) is 4.02. The third-order valence-corrected chi connectivity index (χ3v) is 3.65. The average Bonchev–Trinajstić information content (AvgIpc) is 3.02. The van der Waals surface area contributed by atoms with Gasteiger partial charge in [0.2, 0.25) is 0 Å². The summed E-state index contributed by atoms with van der Waals surface area (Å²) in [5, 5.41) is 0. The lowest BCUT2D eigenvalue weighted by atomic mass is 10.1. The van der Waals surface area contributed by atoms with Crippen LogP contribution < -0.4 is 0 Å². The molecule has 2 heteroatoms. The van der Waals surface area contributed by atoms with Crippen molar-refractivity contribution in [1.82, 2.24) is 4.57 Å². The zero-order chi connectivity index (χ0) is 11.1. The van der Waals surface area contributed by atoms with Gasteiger partial charge in [-0.1, -0.05) is 28.1 Å². The van der Waals surface area contributed by atoms with Gasteiger partial charge < -0.3 is 4.57 Å². The van der Waals surface area contributed by atoms with Gasteiger partial charge in [0.05, 0.1) is 0 Å². The van der Waals surface area contributed by atoms with E-state index in [0.29, 0.717) is 0 Å². The highest BCUT2D eigenvalue weighted by Gasteiger charge is 2.26. The summed E-state index contributed by atoms with van der Waals surface area (Å²) in [7, 11) is 0. The zero-order valence-electron chi connectivity index (χ0n) is 9.28. The summed E-state index contributed by atoms with van der Waals surface area (Å²) in [5.74, 6) is 0. The number of rotatable bonds is 2. The molecule has 1 aromatic heterocycles. The van der Waals surface area contributed by atoms with Gasteiger partial charge in [-0.3, -0.25) is 0 Å². The molecule has 0 aliphatic heterocycles. The van der Waals surface area contributed by atoms with E-state index in [-0.39, 0.29) is 0 Å². The molecule has 2 aromatic rings. The van der Waals surface area contributed by atoms with Gasteiger partial charge >= 0.3 is 0 Å². The van der Waals surface area contributed by atoms with Crippen molar-refractivity contribution in [1.29, 1.82) is 0 Å². The Labute approximate surface area is 104 Å². The topological polar surface area (TPSA) is 4.93 Å². The minimum absolute atomic E-state index is 0.740. The quantitative estimate of drug-likeness (QED) is 0.757. The van der Waals surface area contributed by atoms with Gasteiger partial charge in [0.25, 0.3) is 0 Å². The minimum atomic E-state index is 0.740. The number of hydrogen-bond donors (Lipinski definition) is 0. The fourth-order valence-electron chi connectivity index (χ4n) is 2.25. The van der Waals surface area contributed by atoms with Crippen LogP contribution in [0.2, 0.25) is 0 Å². The van der Waals surface area contributed by atoms with Crippen molar-refractivity contribution in [2.45, 2.75) is 25.8 Å². The molecule has 0 amide bonds. The van der Waals surface area contributed by atoms with E-state index in [0.717, 1.165) is 10.5 Å². The molecule has 82 valence electrons. The van der Waals surface area contributed by atoms with Crippen LogP contribution in [0.25, 0.3) is 11.3 Å². The molecule has 0 atom stereocenters. The first-order valence-electron chi connectivity index (χ1n) is 5.69. The maximum atomic E-state index is 3.53. The number of aromatic nitrogens is 1. The van der Waals surface area contributed by atoms with E-state index in [2.05, 4.69) is 63.8 Å². The summed E-state index contributed by atoms with van der Waals surface area (Å²) in [6, 6.07) is 13.7. The predicted molar refractivity (Wildman–Crippen MR) is 70.6 cm³/mol. The lowest BCUT2D eigenvalue weighted by molar-refractivity contribution is 0.730. The van der Waals surface area contributed by atoms with Crippen molar-refractivity contribution < 1.29 is 0 Å². The molecule has 0 radical (unpaired) electrons. The highest BCUT2D eigenvalue weighted by molar-refractivity contribution is 9.10. The second-order valence-corrected chi connectivity index (χ2v) is 5.39. The van der Waals surface area contributed by atoms with Crippen LogP contribution in [0.5, 0.6) is 0 Å². The number of nitrogens with zero attached hydrogens (tertiary/aromatic N) is 1. The maximum absolute atomic E-state index is 3.53. The molecule has 1 saturated carbocycles. The summed E-state index contributed by atoms with van der Waals surface area (Å²) < 4.78 is 3.62. The lowest BCUT2D eigenvalue weighted by Gasteiger charge is -2.10. The van der Waals surface area contributed by atoms with Crippen molar-refractivity contribution in [2.24, 2.45) is 0 Å².